The molecule has 0 fully saturated rings. The van der Waals surface area contributed by atoms with Gasteiger partial charge in [0.05, 0.1) is 17.9 Å². The van der Waals surface area contributed by atoms with Gasteiger partial charge in [-0.15, -0.1) is 11.3 Å². The second-order valence-electron chi connectivity index (χ2n) is 9.09. The number of aromatic nitrogens is 2. The Morgan fingerprint density at radius 1 is 1.28 bits per heavy atom. The van der Waals surface area contributed by atoms with E-state index in [0.717, 1.165) is 48.3 Å². The van der Waals surface area contributed by atoms with Gasteiger partial charge in [0.15, 0.2) is 0 Å². The van der Waals surface area contributed by atoms with Gasteiger partial charge in [-0.3, -0.25) is 14.2 Å². The van der Waals surface area contributed by atoms with Gasteiger partial charge in [-0.2, -0.15) is 5.26 Å². The maximum Gasteiger partial charge on any atom is 0.442 e. The van der Waals surface area contributed by atoms with Crippen molar-refractivity contribution in [3.05, 3.63) is 86.6 Å². The fourth-order valence-electron chi connectivity index (χ4n) is 4.55. The Morgan fingerprint density at radius 3 is 2.74 bits per heavy atom. The highest BCUT2D eigenvalue weighted by atomic mass is 32.2. The number of carbonyl (C=O) groups excluding carboxylic acids is 1. The number of benzene rings is 2. The number of ether oxygens (including phenoxy) is 1. The number of nitrogens with zero attached hydrogens (tertiary/aromatic N) is 3. The summed E-state index contributed by atoms with van der Waals surface area (Å²) in [6, 6.07) is 19.7. The topological polar surface area (TPSA) is 115 Å². The molecule has 0 aliphatic carbocycles. The Kier molecular flexibility index (Phi) is 8.16. The SMILES string of the molecule is CCC(Sc1c(=O)o[nH][n+]1-c1ccc(OC)cc1)C(=O)Nc1sc2c(c1C#N)CCN(Cc1ccccc1)C2. The first-order valence-corrected chi connectivity index (χ1v) is 14.3. The van der Waals surface area contributed by atoms with Crippen LogP contribution in [-0.4, -0.2) is 35.0 Å². The second-order valence-corrected chi connectivity index (χ2v) is 11.4. The lowest BCUT2D eigenvalue weighted by Crippen LogP contribution is -2.37. The van der Waals surface area contributed by atoms with Crippen LogP contribution in [0.1, 0.15) is 34.9 Å². The van der Waals surface area contributed by atoms with Gasteiger partial charge in [-0.1, -0.05) is 37.3 Å². The number of fused-ring (bicyclic) bond motifs is 1. The van der Waals surface area contributed by atoms with E-state index in [-0.39, 0.29) is 10.9 Å². The predicted molar refractivity (Wildman–Crippen MR) is 149 cm³/mol. The van der Waals surface area contributed by atoms with Gasteiger partial charge in [0.1, 0.15) is 16.8 Å². The summed E-state index contributed by atoms with van der Waals surface area (Å²) in [5, 5.41) is 15.8. The van der Waals surface area contributed by atoms with Crippen molar-refractivity contribution in [2.75, 3.05) is 19.0 Å². The number of hydrogen-bond acceptors (Lipinski definition) is 8. The fourth-order valence-corrected chi connectivity index (χ4v) is 6.79. The van der Waals surface area contributed by atoms with Gasteiger partial charge in [-0.05, 0) is 57.8 Å². The number of thiophene rings is 1. The molecule has 5 rings (SSSR count). The molecule has 4 aromatic rings. The molecule has 1 amide bonds. The van der Waals surface area contributed by atoms with Crippen LogP contribution in [0.2, 0.25) is 0 Å². The number of methoxy groups -OCH3 is 1. The molecule has 0 bridgehead atoms. The van der Waals surface area contributed by atoms with Crippen molar-refractivity contribution in [2.45, 2.75) is 43.1 Å². The average molecular weight is 563 g/mol. The van der Waals surface area contributed by atoms with E-state index in [1.807, 2.05) is 25.1 Å². The summed E-state index contributed by atoms with van der Waals surface area (Å²) in [6.07, 6.45) is 1.23. The number of rotatable bonds is 9. The third-order valence-electron chi connectivity index (χ3n) is 6.59. The molecular weight excluding hydrogens is 534 g/mol. The van der Waals surface area contributed by atoms with Gasteiger partial charge in [0, 0.05) is 36.6 Å². The third-order valence-corrected chi connectivity index (χ3v) is 9.13. The standard InChI is InChI=1S/C28H27N5O4S2/c1-3-23(39-27-28(35)37-31-33(27)19-9-11-20(36-2)12-10-19)25(34)30-26-22(15-29)21-13-14-32(17-24(21)38-26)16-18-7-5-4-6-8-18/h4-12,23H,3,13-14,16-17H2,1-2H3,(H-,30,31,34,35)/p+1. The van der Waals surface area contributed by atoms with Crippen LogP contribution >= 0.6 is 23.1 Å². The third kappa shape index (κ3) is 5.78. The number of thioether (sulfide) groups is 1. The Hall–Kier alpha value is -3.85. The molecule has 3 heterocycles. The van der Waals surface area contributed by atoms with E-state index in [9.17, 15) is 14.9 Å². The lowest BCUT2D eigenvalue weighted by molar-refractivity contribution is -0.704. The Balaban J connectivity index is 1.32. The molecule has 0 saturated carbocycles. The Morgan fingerprint density at radius 2 is 2.05 bits per heavy atom. The molecule has 1 atom stereocenters. The summed E-state index contributed by atoms with van der Waals surface area (Å²) in [4.78, 5) is 29.4. The van der Waals surface area contributed by atoms with Crippen LogP contribution in [0.3, 0.4) is 0 Å². The van der Waals surface area contributed by atoms with Gasteiger partial charge in [0.2, 0.25) is 11.6 Å². The Bertz CT molecular complexity index is 1550. The largest absolute Gasteiger partial charge is 0.497 e. The number of carbonyl (C=O) groups is 1. The van der Waals surface area contributed by atoms with Gasteiger partial charge >= 0.3 is 10.7 Å². The minimum absolute atomic E-state index is 0.254. The number of hydrogen-bond donors (Lipinski definition) is 2. The van der Waals surface area contributed by atoms with Crippen LogP contribution in [0.4, 0.5) is 5.00 Å². The van der Waals surface area contributed by atoms with Crippen molar-refractivity contribution in [3.8, 4) is 17.5 Å². The maximum atomic E-state index is 13.4. The number of nitriles is 1. The quantitative estimate of drug-likeness (QED) is 0.231. The zero-order valence-corrected chi connectivity index (χ0v) is 23.2. The molecule has 2 aromatic heterocycles. The summed E-state index contributed by atoms with van der Waals surface area (Å²) < 4.78 is 11.8. The molecule has 0 radical (unpaired) electrons. The number of aromatic amines is 1. The molecule has 9 nitrogen and oxygen atoms in total. The maximum absolute atomic E-state index is 13.4. The van der Waals surface area contributed by atoms with E-state index in [1.165, 1.54) is 21.6 Å². The van der Waals surface area contributed by atoms with Crippen LogP contribution < -0.4 is 20.4 Å². The van der Waals surface area contributed by atoms with Crippen molar-refractivity contribution in [1.82, 2.24) is 10.2 Å². The normalized spacial score (nSPS) is 13.9. The Labute approximate surface area is 234 Å². The lowest BCUT2D eigenvalue weighted by atomic mass is 10.0. The fraction of sp³-hybridized carbons (Fsp3) is 0.286. The highest BCUT2D eigenvalue weighted by molar-refractivity contribution is 8.00. The van der Waals surface area contributed by atoms with Crippen molar-refractivity contribution in [3.63, 3.8) is 0 Å². The minimum atomic E-state index is -0.576. The molecule has 11 heteroatoms. The van der Waals surface area contributed by atoms with E-state index in [2.05, 4.69) is 33.7 Å². The van der Waals surface area contributed by atoms with E-state index in [4.69, 9.17) is 9.26 Å². The van der Waals surface area contributed by atoms with Crippen LogP contribution in [0.5, 0.6) is 5.75 Å². The first-order chi connectivity index (χ1) is 19.0. The summed E-state index contributed by atoms with van der Waals surface area (Å²) in [5.41, 5.74) is 2.90. The molecule has 200 valence electrons. The molecule has 0 spiro atoms. The number of amides is 1. The second kappa shape index (κ2) is 11.9. The van der Waals surface area contributed by atoms with Crippen LogP contribution in [0.15, 0.2) is 68.9 Å². The van der Waals surface area contributed by atoms with Crippen molar-refractivity contribution >= 4 is 34.0 Å². The molecule has 1 aliphatic heterocycles. The smallest absolute Gasteiger partial charge is 0.442 e. The number of H-pyrrole nitrogens is 1. The van der Waals surface area contributed by atoms with Gasteiger partial charge in [0.25, 0.3) is 0 Å². The van der Waals surface area contributed by atoms with Crippen LogP contribution in [-0.2, 0) is 24.3 Å². The first kappa shape index (κ1) is 26.7. The highest BCUT2D eigenvalue weighted by Gasteiger charge is 2.32. The summed E-state index contributed by atoms with van der Waals surface area (Å²) in [5.74, 6) is 0.418. The molecule has 0 saturated heterocycles. The van der Waals surface area contributed by atoms with Crippen molar-refractivity contribution in [2.24, 2.45) is 0 Å². The highest BCUT2D eigenvalue weighted by Crippen LogP contribution is 2.37. The average Bonchev–Trinajstić information content (AvgIpc) is 3.50. The molecule has 2 N–H and O–H groups in total. The predicted octanol–water partition coefficient (Wildman–Crippen LogP) is 4.25. The van der Waals surface area contributed by atoms with E-state index >= 15 is 0 Å². The molecule has 2 aromatic carbocycles. The van der Waals surface area contributed by atoms with Crippen LogP contribution in [0, 0.1) is 11.3 Å². The summed E-state index contributed by atoms with van der Waals surface area (Å²) in [6.45, 7) is 4.31. The summed E-state index contributed by atoms with van der Waals surface area (Å²) >= 11 is 2.59. The number of anilines is 1. The molecule has 1 aliphatic rings. The molecule has 39 heavy (non-hydrogen) atoms. The van der Waals surface area contributed by atoms with E-state index < -0.39 is 10.9 Å². The zero-order valence-electron chi connectivity index (χ0n) is 21.6. The lowest BCUT2D eigenvalue weighted by Gasteiger charge is -2.26. The van der Waals surface area contributed by atoms with Crippen molar-refractivity contribution < 1.29 is 18.7 Å². The van der Waals surface area contributed by atoms with E-state index in [0.29, 0.717) is 28.4 Å². The van der Waals surface area contributed by atoms with Gasteiger partial charge in [-0.25, -0.2) is 4.79 Å². The van der Waals surface area contributed by atoms with Gasteiger partial charge < -0.3 is 10.1 Å². The molecule has 1 unspecified atom stereocenters. The van der Waals surface area contributed by atoms with Crippen LogP contribution in [0.25, 0.3) is 5.69 Å². The van der Waals surface area contributed by atoms with E-state index in [1.54, 1.807) is 31.4 Å². The molecular formula is C28H28N5O4S2+. The first-order valence-electron chi connectivity index (χ1n) is 12.6. The monoisotopic (exact) mass is 562 g/mol. The number of nitrogens with one attached hydrogen (secondary N) is 2. The minimum Gasteiger partial charge on any atom is -0.497 e. The zero-order chi connectivity index (χ0) is 27.4. The summed E-state index contributed by atoms with van der Waals surface area (Å²) in [7, 11) is 1.58. The van der Waals surface area contributed by atoms with Crippen molar-refractivity contribution in [1.29, 1.82) is 5.26 Å².